The highest BCUT2D eigenvalue weighted by molar-refractivity contribution is 7.13. The molecule has 0 unspecified atom stereocenters. The van der Waals surface area contributed by atoms with Crippen molar-refractivity contribution in [3.8, 4) is 0 Å². The fourth-order valence-electron chi connectivity index (χ4n) is 2.11. The van der Waals surface area contributed by atoms with Crippen LogP contribution in [0.3, 0.4) is 0 Å². The van der Waals surface area contributed by atoms with Crippen molar-refractivity contribution in [1.82, 2.24) is 14.9 Å². The minimum Gasteiger partial charge on any atom is -0.345 e. The van der Waals surface area contributed by atoms with Crippen LogP contribution in [-0.4, -0.2) is 47.1 Å². The molecule has 6 nitrogen and oxygen atoms in total. The van der Waals surface area contributed by atoms with E-state index in [9.17, 15) is 4.79 Å². The van der Waals surface area contributed by atoms with Crippen LogP contribution < -0.4 is 10.2 Å². The smallest absolute Gasteiger partial charge is 0.322 e. The van der Waals surface area contributed by atoms with Gasteiger partial charge in [0.05, 0.1) is 11.9 Å². The number of aromatic nitrogens is 2. The molecule has 0 atom stereocenters. The number of thiazole rings is 1. The summed E-state index contributed by atoms with van der Waals surface area (Å²) in [6.45, 7) is 3.03. The Morgan fingerprint density at radius 2 is 2.10 bits per heavy atom. The third-order valence-corrected chi connectivity index (χ3v) is 4.00. The highest BCUT2D eigenvalue weighted by Gasteiger charge is 2.22. The Labute approximate surface area is 121 Å². The van der Waals surface area contributed by atoms with Crippen LogP contribution in [0, 0.1) is 0 Å². The molecule has 0 spiro atoms. The van der Waals surface area contributed by atoms with Crippen LogP contribution in [0.15, 0.2) is 36.1 Å². The minimum atomic E-state index is -0.0724. The Kier molecular flexibility index (Phi) is 3.78. The molecule has 1 saturated heterocycles. The van der Waals surface area contributed by atoms with E-state index in [0.717, 1.165) is 23.9 Å². The number of amides is 2. The summed E-state index contributed by atoms with van der Waals surface area (Å²) < 4.78 is 0. The number of nitrogens with one attached hydrogen (secondary N) is 1. The Morgan fingerprint density at radius 3 is 2.75 bits per heavy atom. The van der Waals surface area contributed by atoms with Gasteiger partial charge in [0, 0.05) is 44.0 Å². The second-order valence-corrected chi connectivity index (χ2v) is 5.33. The van der Waals surface area contributed by atoms with E-state index >= 15 is 0 Å². The Bertz CT molecular complexity index is 551. The maximum absolute atomic E-state index is 12.1. The van der Waals surface area contributed by atoms with Crippen LogP contribution in [0.1, 0.15) is 0 Å². The molecule has 1 N–H and O–H groups in total. The van der Waals surface area contributed by atoms with Gasteiger partial charge in [0.1, 0.15) is 0 Å². The zero-order valence-corrected chi connectivity index (χ0v) is 11.7. The Hall–Kier alpha value is -2.15. The van der Waals surface area contributed by atoms with E-state index in [1.807, 2.05) is 22.5 Å². The summed E-state index contributed by atoms with van der Waals surface area (Å²) in [7, 11) is 0. The summed E-state index contributed by atoms with van der Waals surface area (Å²) in [5.74, 6) is 0. The number of urea groups is 1. The van der Waals surface area contributed by atoms with Gasteiger partial charge in [0.25, 0.3) is 0 Å². The number of pyridine rings is 1. The van der Waals surface area contributed by atoms with Crippen molar-refractivity contribution in [3.05, 3.63) is 36.1 Å². The van der Waals surface area contributed by atoms with Crippen molar-refractivity contribution in [1.29, 1.82) is 0 Å². The number of hydrogen-bond donors (Lipinski definition) is 1. The van der Waals surface area contributed by atoms with E-state index < -0.39 is 0 Å². The summed E-state index contributed by atoms with van der Waals surface area (Å²) in [4.78, 5) is 24.4. The van der Waals surface area contributed by atoms with Gasteiger partial charge in [-0.25, -0.2) is 9.78 Å². The fourth-order valence-corrected chi connectivity index (χ4v) is 2.81. The second kappa shape index (κ2) is 5.87. The molecule has 2 amide bonds. The SMILES string of the molecule is O=C(Nc1cccnc1)N1CCN(c2nccs2)CC1. The molecular formula is C13H15N5OS. The van der Waals surface area contributed by atoms with Crippen molar-refractivity contribution in [2.45, 2.75) is 0 Å². The normalized spacial score (nSPS) is 15.2. The van der Waals surface area contributed by atoms with Gasteiger partial charge in [-0.15, -0.1) is 11.3 Å². The Morgan fingerprint density at radius 1 is 1.25 bits per heavy atom. The van der Waals surface area contributed by atoms with Gasteiger partial charge in [-0.05, 0) is 12.1 Å². The van der Waals surface area contributed by atoms with Gasteiger partial charge >= 0.3 is 6.03 Å². The van der Waals surface area contributed by atoms with Crippen LogP contribution in [0.2, 0.25) is 0 Å². The van der Waals surface area contributed by atoms with Crippen molar-refractivity contribution in [3.63, 3.8) is 0 Å². The molecule has 0 aliphatic carbocycles. The number of rotatable bonds is 2. The molecule has 0 aromatic carbocycles. The predicted molar refractivity (Wildman–Crippen MR) is 79.2 cm³/mol. The first-order valence-corrected chi connectivity index (χ1v) is 7.31. The maximum Gasteiger partial charge on any atom is 0.322 e. The lowest BCUT2D eigenvalue weighted by Gasteiger charge is -2.34. The molecule has 20 heavy (non-hydrogen) atoms. The number of nitrogens with zero attached hydrogens (tertiary/aromatic N) is 4. The Balaban J connectivity index is 1.54. The monoisotopic (exact) mass is 289 g/mol. The molecule has 2 aromatic heterocycles. The van der Waals surface area contributed by atoms with Gasteiger partial charge in [0.15, 0.2) is 5.13 Å². The predicted octanol–water partition coefficient (Wildman–Crippen LogP) is 1.89. The van der Waals surface area contributed by atoms with E-state index in [1.54, 1.807) is 29.8 Å². The van der Waals surface area contributed by atoms with Crippen molar-refractivity contribution < 1.29 is 4.79 Å². The van der Waals surface area contributed by atoms with Crippen molar-refractivity contribution in [2.75, 3.05) is 36.4 Å². The van der Waals surface area contributed by atoms with Gasteiger partial charge in [-0.2, -0.15) is 0 Å². The molecule has 1 aliphatic rings. The van der Waals surface area contributed by atoms with Crippen molar-refractivity contribution >= 4 is 28.2 Å². The molecule has 2 aromatic rings. The number of hydrogen-bond acceptors (Lipinski definition) is 5. The van der Waals surface area contributed by atoms with Gasteiger partial charge in [-0.1, -0.05) is 0 Å². The zero-order valence-electron chi connectivity index (χ0n) is 10.9. The fraction of sp³-hybridized carbons (Fsp3) is 0.308. The summed E-state index contributed by atoms with van der Waals surface area (Å²) >= 11 is 1.63. The first kappa shape index (κ1) is 12.9. The number of carbonyl (C=O) groups excluding carboxylic acids is 1. The molecule has 104 valence electrons. The molecule has 1 fully saturated rings. The van der Waals surface area contributed by atoms with Gasteiger partial charge in [0.2, 0.25) is 0 Å². The summed E-state index contributed by atoms with van der Waals surface area (Å²) in [5.41, 5.74) is 0.722. The second-order valence-electron chi connectivity index (χ2n) is 4.46. The number of carbonyl (C=O) groups is 1. The van der Waals surface area contributed by atoms with Gasteiger partial charge in [-0.3, -0.25) is 4.98 Å². The molecule has 3 heterocycles. The minimum absolute atomic E-state index is 0.0724. The first-order chi connectivity index (χ1) is 9.83. The molecule has 0 saturated carbocycles. The third kappa shape index (κ3) is 2.88. The topological polar surface area (TPSA) is 61.4 Å². The highest BCUT2D eigenvalue weighted by Crippen LogP contribution is 2.19. The molecule has 3 rings (SSSR count). The average molecular weight is 289 g/mol. The van der Waals surface area contributed by atoms with E-state index in [2.05, 4.69) is 20.2 Å². The van der Waals surface area contributed by atoms with Crippen LogP contribution in [0.5, 0.6) is 0 Å². The largest absolute Gasteiger partial charge is 0.345 e. The average Bonchev–Trinajstić information content (AvgIpc) is 3.03. The molecule has 0 bridgehead atoms. The van der Waals surface area contributed by atoms with E-state index in [4.69, 9.17) is 0 Å². The van der Waals surface area contributed by atoms with Crippen molar-refractivity contribution in [2.24, 2.45) is 0 Å². The van der Waals surface area contributed by atoms with E-state index in [0.29, 0.717) is 13.1 Å². The van der Waals surface area contributed by atoms with Gasteiger partial charge < -0.3 is 15.1 Å². The molecule has 1 aliphatic heterocycles. The third-order valence-electron chi connectivity index (χ3n) is 3.17. The highest BCUT2D eigenvalue weighted by atomic mass is 32.1. The summed E-state index contributed by atoms with van der Waals surface area (Å²) in [5, 5.41) is 5.85. The number of anilines is 2. The lowest BCUT2D eigenvalue weighted by atomic mass is 10.3. The lowest BCUT2D eigenvalue weighted by Crippen LogP contribution is -2.50. The first-order valence-electron chi connectivity index (χ1n) is 6.43. The van der Waals surface area contributed by atoms with Crippen LogP contribution in [0.4, 0.5) is 15.6 Å². The summed E-state index contributed by atoms with van der Waals surface area (Å²) in [6, 6.07) is 3.56. The van der Waals surface area contributed by atoms with E-state index in [-0.39, 0.29) is 6.03 Å². The van der Waals surface area contributed by atoms with Crippen LogP contribution in [-0.2, 0) is 0 Å². The molecular weight excluding hydrogens is 274 g/mol. The quantitative estimate of drug-likeness (QED) is 0.917. The molecule has 7 heteroatoms. The lowest BCUT2D eigenvalue weighted by molar-refractivity contribution is 0.208. The van der Waals surface area contributed by atoms with E-state index in [1.165, 1.54) is 0 Å². The van der Waals surface area contributed by atoms with Crippen LogP contribution >= 0.6 is 11.3 Å². The standard InChI is InChI=1S/C13H15N5OS/c19-12(16-11-2-1-3-14-10-11)17-5-7-18(8-6-17)13-15-4-9-20-13/h1-4,9-10H,5-8H2,(H,16,19). The summed E-state index contributed by atoms with van der Waals surface area (Å²) in [6.07, 6.45) is 5.13. The zero-order chi connectivity index (χ0) is 13.8. The maximum atomic E-state index is 12.1. The molecule has 0 radical (unpaired) electrons. The van der Waals surface area contributed by atoms with Crippen LogP contribution in [0.25, 0.3) is 0 Å². The number of piperazine rings is 1.